The summed E-state index contributed by atoms with van der Waals surface area (Å²) in [7, 11) is 1.64. The second kappa shape index (κ2) is 3.17. The van der Waals surface area contributed by atoms with Gasteiger partial charge >= 0.3 is 0 Å². The lowest BCUT2D eigenvalue weighted by molar-refractivity contribution is 0.415. The molecular formula is C13H14ClNO. The summed E-state index contributed by atoms with van der Waals surface area (Å²) in [6.45, 7) is 2.29. The quantitative estimate of drug-likeness (QED) is 0.840. The molecule has 0 radical (unpaired) electrons. The van der Waals surface area contributed by atoms with Gasteiger partial charge in [0.1, 0.15) is 5.75 Å². The molecule has 1 heterocycles. The topological polar surface area (TPSA) is 25.0 Å². The maximum atomic E-state index is 6.10. The summed E-state index contributed by atoms with van der Waals surface area (Å²) < 4.78 is 5.22. The number of methoxy groups -OCH3 is 1. The molecule has 84 valence electrons. The van der Waals surface area contributed by atoms with E-state index in [1.54, 1.807) is 7.11 Å². The van der Waals surface area contributed by atoms with Gasteiger partial charge in [-0.25, -0.2) is 0 Å². The van der Waals surface area contributed by atoms with Crippen LogP contribution in [0.5, 0.6) is 5.75 Å². The van der Waals surface area contributed by atoms with Crippen molar-refractivity contribution < 1.29 is 4.74 Å². The van der Waals surface area contributed by atoms with Gasteiger partial charge in [0.25, 0.3) is 0 Å². The lowest BCUT2D eigenvalue weighted by Crippen LogP contribution is -1.98. The fourth-order valence-electron chi connectivity index (χ4n) is 2.07. The Hall–Kier alpha value is -1.15. The van der Waals surface area contributed by atoms with Crippen LogP contribution in [0.2, 0.25) is 5.02 Å². The molecule has 1 aliphatic rings. The average molecular weight is 236 g/mol. The maximum Gasteiger partial charge on any atom is 0.138 e. The molecule has 0 unspecified atom stereocenters. The molecule has 0 atom stereocenters. The van der Waals surface area contributed by atoms with Gasteiger partial charge in [0.05, 0.1) is 12.1 Å². The number of aromatic amines is 1. The van der Waals surface area contributed by atoms with Crippen molar-refractivity contribution in [3.8, 4) is 5.75 Å². The molecule has 2 aromatic rings. The van der Waals surface area contributed by atoms with Crippen molar-refractivity contribution in [2.45, 2.75) is 25.2 Å². The van der Waals surface area contributed by atoms with Crippen LogP contribution in [0.25, 0.3) is 10.9 Å². The Kier molecular flexibility index (Phi) is 1.99. The van der Waals surface area contributed by atoms with Gasteiger partial charge < -0.3 is 9.72 Å². The zero-order valence-electron chi connectivity index (χ0n) is 9.43. The number of hydrogen-bond donors (Lipinski definition) is 1. The Morgan fingerprint density at radius 1 is 1.31 bits per heavy atom. The second-order valence-corrected chi connectivity index (χ2v) is 5.22. The first kappa shape index (κ1) is 10.0. The summed E-state index contributed by atoms with van der Waals surface area (Å²) in [6.07, 6.45) is 2.54. The number of benzene rings is 1. The zero-order chi connectivity index (χ0) is 11.3. The summed E-state index contributed by atoms with van der Waals surface area (Å²) in [5.74, 6) is 0.737. The van der Waals surface area contributed by atoms with Crippen LogP contribution in [0, 0.1) is 0 Å². The van der Waals surface area contributed by atoms with E-state index >= 15 is 0 Å². The monoisotopic (exact) mass is 235 g/mol. The van der Waals surface area contributed by atoms with Gasteiger partial charge in [0.15, 0.2) is 0 Å². The van der Waals surface area contributed by atoms with E-state index in [9.17, 15) is 0 Å². The number of halogens is 1. The van der Waals surface area contributed by atoms with Gasteiger partial charge in [0, 0.05) is 22.0 Å². The molecule has 1 aromatic carbocycles. The molecule has 0 amide bonds. The van der Waals surface area contributed by atoms with Crippen molar-refractivity contribution in [3.05, 3.63) is 28.9 Å². The molecule has 0 bridgehead atoms. The Balaban J connectivity index is 2.17. The number of ether oxygens (including phenoxy) is 1. The van der Waals surface area contributed by atoms with Crippen LogP contribution in [-0.4, -0.2) is 12.1 Å². The van der Waals surface area contributed by atoms with Crippen LogP contribution in [0.3, 0.4) is 0 Å². The highest BCUT2D eigenvalue weighted by atomic mass is 35.5. The summed E-state index contributed by atoms with van der Waals surface area (Å²) in [5, 5.41) is 1.83. The van der Waals surface area contributed by atoms with Crippen molar-refractivity contribution in [1.82, 2.24) is 4.98 Å². The van der Waals surface area contributed by atoms with Crippen LogP contribution in [0.1, 0.15) is 25.5 Å². The number of fused-ring (bicyclic) bond motifs is 1. The van der Waals surface area contributed by atoms with Gasteiger partial charge in [-0.2, -0.15) is 0 Å². The number of rotatable bonds is 2. The zero-order valence-corrected chi connectivity index (χ0v) is 10.2. The van der Waals surface area contributed by atoms with Gasteiger partial charge in [-0.1, -0.05) is 18.5 Å². The van der Waals surface area contributed by atoms with Gasteiger partial charge in [0.2, 0.25) is 0 Å². The van der Waals surface area contributed by atoms with Crippen molar-refractivity contribution >= 4 is 22.5 Å². The molecule has 2 nitrogen and oxygen atoms in total. The van der Waals surface area contributed by atoms with E-state index in [-0.39, 0.29) is 0 Å². The minimum Gasteiger partial charge on any atom is -0.495 e. The predicted octanol–water partition coefficient (Wildman–Crippen LogP) is 3.88. The highest BCUT2D eigenvalue weighted by Crippen LogP contribution is 2.48. The van der Waals surface area contributed by atoms with E-state index in [4.69, 9.17) is 16.3 Å². The fraction of sp³-hybridized carbons (Fsp3) is 0.385. The van der Waals surface area contributed by atoms with Crippen LogP contribution in [0.15, 0.2) is 18.2 Å². The molecule has 1 N–H and O–H groups in total. The summed E-state index contributed by atoms with van der Waals surface area (Å²) in [4.78, 5) is 3.45. The van der Waals surface area contributed by atoms with E-state index in [2.05, 4.69) is 18.0 Å². The van der Waals surface area contributed by atoms with E-state index < -0.39 is 0 Å². The van der Waals surface area contributed by atoms with Crippen LogP contribution < -0.4 is 4.74 Å². The average Bonchev–Trinajstić information content (AvgIpc) is 2.88. The highest BCUT2D eigenvalue weighted by molar-refractivity contribution is 6.32. The second-order valence-electron chi connectivity index (χ2n) is 4.82. The number of hydrogen-bond acceptors (Lipinski definition) is 1. The fourth-order valence-corrected chi connectivity index (χ4v) is 2.31. The Labute approximate surface area is 99.6 Å². The van der Waals surface area contributed by atoms with E-state index in [0.717, 1.165) is 11.3 Å². The highest BCUT2D eigenvalue weighted by Gasteiger charge is 2.40. The molecule has 1 saturated carbocycles. The first-order valence-electron chi connectivity index (χ1n) is 5.49. The van der Waals surface area contributed by atoms with Crippen molar-refractivity contribution in [1.29, 1.82) is 0 Å². The number of aromatic nitrogens is 1. The van der Waals surface area contributed by atoms with Gasteiger partial charge in [-0.05, 0) is 31.0 Å². The molecule has 0 saturated heterocycles. The molecule has 1 aliphatic carbocycles. The van der Waals surface area contributed by atoms with Crippen molar-refractivity contribution in [3.63, 3.8) is 0 Å². The first-order chi connectivity index (χ1) is 7.62. The van der Waals surface area contributed by atoms with Crippen molar-refractivity contribution in [2.75, 3.05) is 7.11 Å². The molecule has 3 heteroatoms. The lowest BCUT2D eigenvalue weighted by Gasteiger charge is -2.02. The third kappa shape index (κ3) is 1.40. The largest absolute Gasteiger partial charge is 0.495 e. The Morgan fingerprint density at radius 2 is 2.06 bits per heavy atom. The lowest BCUT2D eigenvalue weighted by atomic mass is 10.1. The van der Waals surface area contributed by atoms with Gasteiger partial charge in [-0.15, -0.1) is 0 Å². The van der Waals surface area contributed by atoms with E-state index in [0.29, 0.717) is 10.4 Å². The van der Waals surface area contributed by atoms with Crippen LogP contribution >= 0.6 is 11.6 Å². The maximum absolute atomic E-state index is 6.10. The normalized spacial score (nSPS) is 17.7. The predicted molar refractivity (Wildman–Crippen MR) is 66.4 cm³/mol. The number of H-pyrrole nitrogens is 1. The summed E-state index contributed by atoms with van der Waals surface area (Å²) >= 11 is 6.10. The van der Waals surface area contributed by atoms with E-state index in [1.165, 1.54) is 23.9 Å². The minimum absolute atomic E-state index is 0.360. The third-order valence-electron chi connectivity index (χ3n) is 3.54. The molecule has 0 aliphatic heterocycles. The third-order valence-corrected chi connectivity index (χ3v) is 3.84. The molecule has 1 fully saturated rings. The molecule has 0 spiro atoms. The summed E-state index contributed by atoms with van der Waals surface area (Å²) in [6, 6.07) is 6.13. The molecule has 3 rings (SSSR count). The van der Waals surface area contributed by atoms with Crippen LogP contribution in [0.4, 0.5) is 0 Å². The molecular weight excluding hydrogens is 222 g/mol. The molecule has 16 heavy (non-hydrogen) atoms. The Bertz CT molecular complexity index is 554. The minimum atomic E-state index is 0.360. The Morgan fingerprint density at radius 3 is 2.69 bits per heavy atom. The van der Waals surface area contributed by atoms with E-state index in [1.807, 2.05) is 12.1 Å². The summed E-state index contributed by atoms with van der Waals surface area (Å²) in [5.41, 5.74) is 2.76. The van der Waals surface area contributed by atoms with Gasteiger partial charge in [-0.3, -0.25) is 0 Å². The standard InChI is InChI=1S/C13H14ClNO/c1-13(3-4-13)12-6-8-5-11(16-2)9(14)7-10(8)15-12/h5-7,15H,3-4H2,1-2H3. The SMILES string of the molecule is COc1cc2cc(C3(C)CC3)[nH]c2cc1Cl. The van der Waals surface area contributed by atoms with Crippen LogP contribution in [-0.2, 0) is 5.41 Å². The van der Waals surface area contributed by atoms with Crippen molar-refractivity contribution in [2.24, 2.45) is 0 Å². The number of nitrogens with one attached hydrogen (secondary N) is 1. The molecule has 1 aromatic heterocycles. The first-order valence-corrected chi connectivity index (χ1v) is 5.87. The smallest absolute Gasteiger partial charge is 0.138 e.